The van der Waals surface area contributed by atoms with Crippen LogP contribution in [0.2, 0.25) is 5.02 Å². The Labute approximate surface area is 147 Å². The van der Waals surface area contributed by atoms with E-state index in [2.05, 4.69) is 15.8 Å². The lowest BCUT2D eigenvalue weighted by Crippen LogP contribution is -2.60. The van der Waals surface area contributed by atoms with E-state index in [1.165, 1.54) is 6.07 Å². The van der Waals surface area contributed by atoms with Gasteiger partial charge in [0.25, 0.3) is 5.54 Å². The van der Waals surface area contributed by atoms with Crippen LogP contribution in [-0.4, -0.2) is 31.1 Å². The second-order valence-corrected chi connectivity index (χ2v) is 7.81. The first kappa shape index (κ1) is 17.4. The van der Waals surface area contributed by atoms with Gasteiger partial charge in [0.1, 0.15) is 12.1 Å². The number of nitriles is 2. The van der Waals surface area contributed by atoms with Crippen LogP contribution in [0.25, 0.3) is 0 Å². The third-order valence-corrected chi connectivity index (χ3v) is 6.51. The highest BCUT2D eigenvalue weighted by molar-refractivity contribution is 7.72. The molecular weight excluding hydrogens is 369 g/mol. The largest absolute Gasteiger partial charge is 0.378 e. The zero-order valence-electron chi connectivity index (χ0n) is 13.0. The molecule has 0 unspecified atom stereocenters. The van der Waals surface area contributed by atoms with Crippen molar-refractivity contribution in [3.8, 4) is 12.1 Å². The molecule has 0 fully saturated rings. The molecule has 0 saturated carbocycles. The summed E-state index contributed by atoms with van der Waals surface area (Å²) in [4.78, 5) is 13.0. The Morgan fingerprint density at radius 3 is 2.48 bits per heavy atom. The normalized spacial score (nSPS) is 23.2. The van der Waals surface area contributed by atoms with Gasteiger partial charge < -0.3 is 14.4 Å². The number of rotatable bonds is 3. The molecule has 2 heterocycles. The summed E-state index contributed by atoms with van der Waals surface area (Å²) >= 11 is 6.28. The van der Waals surface area contributed by atoms with Crippen LogP contribution in [0.15, 0.2) is 23.3 Å². The summed E-state index contributed by atoms with van der Waals surface area (Å²) in [5, 5.41) is 25.9. The van der Waals surface area contributed by atoms with Crippen molar-refractivity contribution >= 4 is 36.2 Å². The zero-order valence-corrected chi connectivity index (χ0v) is 14.7. The Balaban J connectivity index is 2.46. The number of nitrogens with one attached hydrogen (secondary N) is 2. The number of hydrazone groups is 1. The molecule has 0 aromatic heterocycles. The van der Waals surface area contributed by atoms with Gasteiger partial charge in [-0.2, -0.15) is 15.6 Å². The number of hydrogen-bond acceptors (Lipinski definition) is 8. The van der Waals surface area contributed by atoms with E-state index in [-0.39, 0.29) is 16.3 Å². The molecule has 0 radical (unpaired) electrons. The van der Waals surface area contributed by atoms with Crippen LogP contribution < -0.4 is 10.7 Å². The molecule has 9 nitrogen and oxygen atoms in total. The molecule has 2 N–H and O–H groups in total. The summed E-state index contributed by atoms with van der Waals surface area (Å²) in [5.41, 5.74) is -1.95. The van der Waals surface area contributed by atoms with Crippen LogP contribution in [0.1, 0.15) is 5.56 Å². The lowest BCUT2D eigenvalue weighted by atomic mass is 9.68. The van der Waals surface area contributed by atoms with Gasteiger partial charge in [-0.15, -0.1) is 0 Å². The lowest BCUT2D eigenvalue weighted by Gasteiger charge is -2.33. The number of carbonyl (C=O) groups excluding carboxylic acids is 1. The number of anilines is 1. The van der Waals surface area contributed by atoms with Gasteiger partial charge in [-0.25, -0.2) is 0 Å². The summed E-state index contributed by atoms with van der Waals surface area (Å²) in [6.45, 7) is 0. The van der Waals surface area contributed by atoms with Crippen molar-refractivity contribution in [1.29, 1.82) is 10.5 Å². The highest BCUT2D eigenvalue weighted by atomic mass is 35.5. The van der Waals surface area contributed by atoms with Crippen LogP contribution in [0, 0.1) is 22.7 Å². The predicted octanol–water partition coefficient (Wildman–Crippen LogP) is 1.72. The van der Waals surface area contributed by atoms with E-state index in [1.807, 2.05) is 0 Å². The van der Waals surface area contributed by atoms with Gasteiger partial charge in [-0.1, -0.05) is 17.7 Å². The molecule has 1 atom stereocenters. The summed E-state index contributed by atoms with van der Waals surface area (Å²) < 4.78 is 23.0. The monoisotopic (exact) mass is 379 g/mol. The van der Waals surface area contributed by atoms with E-state index in [0.717, 1.165) is 14.2 Å². The van der Waals surface area contributed by atoms with E-state index in [1.54, 1.807) is 24.3 Å². The second-order valence-electron chi connectivity index (χ2n) is 5.25. The van der Waals surface area contributed by atoms with Gasteiger partial charge in [-0.3, -0.25) is 14.8 Å². The highest BCUT2D eigenvalue weighted by Gasteiger charge is 2.74. The summed E-state index contributed by atoms with van der Waals surface area (Å²) in [6.07, 6.45) is 0. The number of benzene rings is 1. The highest BCUT2D eigenvalue weighted by Crippen LogP contribution is 2.62. The number of fused-ring (bicyclic) bond motifs is 2. The van der Waals surface area contributed by atoms with Gasteiger partial charge in [0.15, 0.2) is 10.9 Å². The number of halogens is 1. The molecule has 1 amide bonds. The molecule has 2 aliphatic rings. The van der Waals surface area contributed by atoms with E-state index in [0.29, 0.717) is 0 Å². The van der Waals surface area contributed by atoms with Gasteiger partial charge in [0.05, 0.1) is 0 Å². The molecule has 1 aromatic carbocycles. The first-order valence-electron chi connectivity index (χ1n) is 6.87. The average Bonchev–Trinajstić information content (AvgIpc) is 3.12. The van der Waals surface area contributed by atoms with Crippen molar-refractivity contribution < 1.29 is 18.4 Å². The fourth-order valence-electron chi connectivity index (χ4n) is 3.14. The van der Waals surface area contributed by atoms with Crippen molar-refractivity contribution in [3.63, 3.8) is 0 Å². The Hall–Kier alpha value is -2.42. The fourth-order valence-corrected chi connectivity index (χ4v) is 4.91. The zero-order chi connectivity index (χ0) is 18.5. The van der Waals surface area contributed by atoms with Gasteiger partial charge >= 0.3 is 7.60 Å². The van der Waals surface area contributed by atoms with Crippen LogP contribution in [0.4, 0.5) is 5.69 Å². The van der Waals surface area contributed by atoms with Crippen molar-refractivity contribution in [2.45, 2.75) is 11.0 Å². The minimum Gasteiger partial charge on any atom is -0.324 e. The standard InChI is InChI=1S/C14H11ClN5O4P/c1-23-25(22,24-2)12-14(13(6-16,7-17)20-19-12)10-8(15)4-3-5-9(10)18-11(14)21/h3-5,20H,1-2H3,(H,18,21)/t14-/m0/s1. The number of nitrogens with zero attached hydrogens (tertiary/aromatic N) is 3. The average molecular weight is 380 g/mol. The van der Waals surface area contributed by atoms with E-state index in [4.69, 9.17) is 20.6 Å². The molecule has 0 saturated heterocycles. The molecule has 25 heavy (non-hydrogen) atoms. The molecule has 11 heteroatoms. The molecule has 128 valence electrons. The molecule has 1 aromatic rings. The maximum atomic E-state index is 13.0. The van der Waals surface area contributed by atoms with Crippen molar-refractivity contribution in [2.24, 2.45) is 5.10 Å². The van der Waals surface area contributed by atoms with Gasteiger partial charge in [0, 0.05) is 30.5 Å². The summed E-state index contributed by atoms with van der Waals surface area (Å²) in [6, 6.07) is 8.17. The van der Waals surface area contributed by atoms with Crippen LogP contribution in [0.5, 0.6) is 0 Å². The molecule has 0 aliphatic carbocycles. The van der Waals surface area contributed by atoms with E-state index >= 15 is 0 Å². The van der Waals surface area contributed by atoms with Crippen molar-refractivity contribution in [2.75, 3.05) is 19.5 Å². The molecule has 2 aliphatic heterocycles. The third kappa shape index (κ3) is 1.87. The van der Waals surface area contributed by atoms with E-state index in [9.17, 15) is 19.9 Å². The minimum atomic E-state index is -4.10. The van der Waals surface area contributed by atoms with Gasteiger partial charge in [-0.05, 0) is 12.1 Å². The number of amides is 1. The molecular formula is C14H11ClN5O4P. The topological polar surface area (TPSA) is 137 Å². The maximum Gasteiger partial charge on any atom is 0.378 e. The van der Waals surface area contributed by atoms with Crippen LogP contribution in [-0.2, 0) is 23.8 Å². The Bertz CT molecular complexity index is 928. The molecule has 3 rings (SSSR count). The number of carbonyl (C=O) groups is 1. The first-order chi connectivity index (χ1) is 11.9. The SMILES string of the molecule is COP(=O)(OC)C1=NNC(C#N)(C#N)[C@@]12C(=O)Nc1cccc(Cl)c12. The summed E-state index contributed by atoms with van der Waals surface area (Å²) in [7, 11) is -1.88. The number of hydrogen-bond donors (Lipinski definition) is 2. The Kier molecular flexibility index (Phi) is 3.86. The third-order valence-electron chi connectivity index (χ3n) is 4.28. The maximum absolute atomic E-state index is 13.0. The smallest absolute Gasteiger partial charge is 0.324 e. The second kappa shape index (κ2) is 5.55. The quantitative estimate of drug-likeness (QED) is 0.763. The Morgan fingerprint density at radius 2 is 1.92 bits per heavy atom. The Morgan fingerprint density at radius 1 is 1.28 bits per heavy atom. The van der Waals surface area contributed by atoms with Crippen LogP contribution >= 0.6 is 19.2 Å². The summed E-state index contributed by atoms with van der Waals surface area (Å²) in [5.74, 6) is -0.781. The molecule has 0 bridgehead atoms. The molecule has 1 spiro atoms. The van der Waals surface area contributed by atoms with E-state index < -0.39 is 29.9 Å². The fraction of sp³-hybridized carbons (Fsp3) is 0.286. The minimum absolute atomic E-state index is 0.0980. The van der Waals surface area contributed by atoms with Crippen LogP contribution in [0.3, 0.4) is 0 Å². The van der Waals surface area contributed by atoms with Gasteiger partial charge in [0.2, 0.25) is 5.91 Å². The first-order valence-corrected chi connectivity index (χ1v) is 8.79. The predicted molar refractivity (Wildman–Crippen MR) is 87.9 cm³/mol. The van der Waals surface area contributed by atoms with Crippen molar-refractivity contribution in [1.82, 2.24) is 5.43 Å². The lowest BCUT2D eigenvalue weighted by molar-refractivity contribution is -0.119. The van der Waals surface area contributed by atoms with Crippen molar-refractivity contribution in [3.05, 3.63) is 28.8 Å².